The van der Waals surface area contributed by atoms with Gasteiger partial charge in [-0.15, -0.1) is 11.6 Å². The van der Waals surface area contributed by atoms with Gasteiger partial charge in [-0.25, -0.2) is 23.1 Å². The van der Waals surface area contributed by atoms with Crippen molar-refractivity contribution in [1.82, 2.24) is 34.5 Å². The number of rotatable bonds is 14. The Labute approximate surface area is 307 Å². The Hall–Kier alpha value is -5.26. The van der Waals surface area contributed by atoms with Gasteiger partial charge in [0.1, 0.15) is 23.4 Å². The summed E-state index contributed by atoms with van der Waals surface area (Å²) in [5.74, 6) is -2.03. The van der Waals surface area contributed by atoms with Crippen molar-refractivity contribution in [3.63, 3.8) is 0 Å². The van der Waals surface area contributed by atoms with Gasteiger partial charge >= 0.3 is 18.1 Å². The third-order valence-electron chi connectivity index (χ3n) is 9.84. The fraction of sp³-hybridized carbons (Fsp3) is 0.514. The van der Waals surface area contributed by atoms with Gasteiger partial charge in [0.2, 0.25) is 21.9 Å². The van der Waals surface area contributed by atoms with Gasteiger partial charge in [0, 0.05) is 30.0 Å². The van der Waals surface area contributed by atoms with Gasteiger partial charge in [-0.3, -0.25) is 14.3 Å². The SMILES string of the molecule is C=C[C@@H]1C[C@@]1(C(=O)NS(=O)(=O)C1CC1)N(C(=O)C(Nc1nc(OC)nc(OC)n1)C(C)C)C(=O)N1C[C@H](Oc2nccc3cc(OC)ccc23)CC1C. The Morgan fingerprint density at radius 3 is 2.34 bits per heavy atom. The zero-order chi connectivity index (χ0) is 38.2. The standard InChI is InChI=1S/C35H44N8O9S/c1-8-22-17-35(22,30(45)41-53(47,48)25-10-11-25)43(29(44)27(19(2)3)37-31-38-32(50-6)40-33(39-31)51-7)34(46)42-18-24(15-20(42)4)52-28-26-12-9-23(49-5)16-21(26)13-14-36-28/h8-9,12-14,16,19-20,22,24-25,27H,1,10-11,15,17-18H2,2-7H3,(H,41,45)(H,37,38,39,40)/t20?,22-,24-,27?,35-/m1/s1. The number of sulfonamides is 1. The lowest BCUT2D eigenvalue weighted by molar-refractivity contribution is -0.140. The van der Waals surface area contributed by atoms with E-state index in [1.165, 1.54) is 25.2 Å². The molecule has 0 spiro atoms. The van der Waals surface area contributed by atoms with Crippen molar-refractivity contribution >= 4 is 44.6 Å². The van der Waals surface area contributed by atoms with Crippen LogP contribution in [0.1, 0.15) is 46.5 Å². The maximum absolute atomic E-state index is 14.9. The van der Waals surface area contributed by atoms with Crippen molar-refractivity contribution in [3.8, 4) is 23.7 Å². The van der Waals surface area contributed by atoms with Crippen molar-refractivity contribution in [2.75, 3.05) is 33.2 Å². The monoisotopic (exact) mass is 752 g/mol. The first-order chi connectivity index (χ1) is 25.3. The molecule has 284 valence electrons. The Kier molecular flexibility index (Phi) is 10.4. The number of methoxy groups -OCH3 is 3. The molecule has 53 heavy (non-hydrogen) atoms. The van der Waals surface area contributed by atoms with E-state index in [-0.39, 0.29) is 30.9 Å². The fourth-order valence-corrected chi connectivity index (χ4v) is 8.02. The van der Waals surface area contributed by atoms with E-state index in [0.29, 0.717) is 30.9 Å². The Morgan fingerprint density at radius 2 is 1.75 bits per heavy atom. The van der Waals surface area contributed by atoms with Crippen molar-refractivity contribution < 1.29 is 41.7 Å². The highest BCUT2D eigenvalue weighted by Gasteiger charge is 2.68. The fourth-order valence-electron chi connectivity index (χ4n) is 6.66. The molecule has 3 aliphatic rings. The molecule has 3 aromatic rings. The largest absolute Gasteiger partial charge is 0.497 e. The van der Waals surface area contributed by atoms with Crippen LogP contribution in [0.25, 0.3) is 10.8 Å². The first-order valence-electron chi connectivity index (χ1n) is 17.3. The van der Waals surface area contributed by atoms with E-state index in [9.17, 15) is 22.8 Å². The van der Waals surface area contributed by atoms with Crippen molar-refractivity contribution in [2.45, 2.75) is 75.4 Å². The summed E-state index contributed by atoms with van der Waals surface area (Å²) >= 11 is 0. The molecule has 2 aliphatic carbocycles. The lowest BCUT2D eigenvalue weighted by Gasteiger charge is -2.37. The number of pyridine rings is 1. The molecule has 2 N–H and O–H groups in total. The van der Waals surface area contributed by atoms with Gasteiger partial charge in [0.25, 0.3) is 11.8 Å². The Bertz CT molecular complexity index is 2010. The number of anilines is 1. The van der Waals surface area contributed by atoms with Crippen LogP contribution >= 0.6 is 0 Å². The highest BCUT2D eigenvalue weighted by molar-refractivity contribution is 7.91. The summed E-state index contributed by atoms with van der Waals surface area (Å²) in [4.78, 5) is 63.1. The molecule has 2 saturated carbocycles. The van der Waals surface area contributed by atoms with Crippen molar-refractivity contribution in [1.29, 1.82) is 0 Å². The predicted molar refractivity (Wildman–Crippen MR) is 192 cm³/mol. The van der Waals surface area contributed by atoms with Crippen molar-refractivity contribution in [3.05, 3.63) is 43.1 Å². The molecule has 1 aliphatic heterocycles. The molecule has 1 aromatic carbocycles. The van der Waals surface area contributed by atoms with Crippen LogP contribution < -0.4 is 29.0 Å². The maximum Gasteiger partial charge on any atom is 0.328 e. The van der Waals surface area contributed by atoms with Gasteiger partial charge in [-0.05, 0) is 61.8 Å². The van der Waals surface area contributed by atoms with Crippen LogP contribution in [0.2, 0.25) is 0 Å². The van der Waals surface area contributed by atoms with E-state index < -0.39 is 68.7 Å². The molecule has 2 aromatic heterocycles. The highest BCUT2D eigenvalue weighted by Crippen LogP contribution is 2.51. The summed E-state index contributed by atoms with van der Waals surface area (Å²) < 4.78 is 50.3. The Balaban J connectivity index is 1.35. The minimum Gasteiger partial charge on any atom is -0.497 e. The smallest absolute Gasteiger partial charge is 0.328 e. The summed E-state index contributed by atoms with van der Waals surface area (Å²) in [5.41, 5.74) is -1.88. The van der Waals surface area contributed by atoms with Crippen LogP contribution in [0.15, 0.2) is 43.1 Å². The number of ether oxygens (including phenoxy) is 4. The molecule has 3 heterocycles. The number of hydrogen-bond donors (Lipinski definition) is 2. The predicted octanol–water partition coefficient (Wildman–Crippen LogP) is 2.93. The second-order valence-corrected chi connectivity index (χ2v) is 15.7. The summed E-state index contributed by atoms with van der Waals surface area (Å²) in [6.45, 7) is 9.19. The zero-order valence-electron chi connectivity index (χ0n) is 30.4. The molecule has 18 heteroatoms. The average molecular weight is 753 g/mol. The number of fused-ring (bicyclic) bond motifs is 1. The summed E-state index contributed by atoms with van der Waals surface area (Å²) in [7, 11) is 0.245. The number of carbonyl (C=O) groups is 3. The van der Waals surface area contributed by atoms with E-state index in [1.807, 2.05) is 25.1 Å². The molecule has 0 radical (unpaired) electrons. The number of amides is 4. The number of hydrogen-bond acceptors (Lipinski definition) is 14. The van der Waals surface area contributed by atoms with E-state index in [2.05, 4.69) is 36.6 Å². The lowest BCUT2D eigenvalue weighted by Crippen LogP contribution is -2.63. The number of carbonyl (C=O) groups excluding carboxylic acids is 3. The number of nitrogens with zero attached hydrogens (tertiary/aromatic N) is 6. The second-order valence-electron chi connectivity index (χ2n) is 13.8. The third-order valence-corrected chi connectivity index (χ3v) is 11.7. The van der Waals surface area contributed by atoms with Crippen LogP contribution in [0.3, 0.4) is 0 Å². The van der Waals surface area contributed by atoms with Gasteiger partial charge in [-0.1, -0.05) is 19.9 Å². The molecule has 4 amide bonds. The number of nitrogens with one attached hydrogen (secondary N) is 2. The van der Waals surface area contributed by atoms with Gasteiger partial charge in [0.15, 0.2) is 0 Å². The molecule has 1 saturated heterocycles. The number of likely N-dealkylation sites (tertiary alicyclic amines) is 1. The molecular weight excluding hydrogens is 708 g/mol. The maximum atomic E-state index is 14.9. The zero-order valence-corrected chi connectivity index (χ0v) is 31.3. The van der Waals surface area contributed by atoms with Gasteiger partial charge in [0.05, 0.1) is 33.1 Å². The molecule has 6 rings (SSSR count). The minimum atomic E-state index is -4.04. The van der Waals surface area contributed by atoms with Gasteiger partial charge in [-0.2, -0.15) is 9.97 Å². The van der Waals surface area contributed by atoms with E-state index in [4.69, 9.17) is 18.9 Å². The van der Waals surface area contributed by atoms with E-state index in [0.717, 1.165) is 15.7 Å². The quantitative estimate of drug-likeness (QED) is 0.227. The highest BCUT2D eigenvalue weighted by atomic mass is 32.2. The summed E-state index contributed by atoms with van der Waals surface area (Å²) in [6, 6.07) is 4.75. The first kappa shape index (κ1) is 37.5. The molecule has 2 unspecified atom stereocenters. The third kappa shape index (κ3) is 7.36. The second kappa shape index (κ2) is 14.6. The van der Waals surface area contributed by atoms with Crippen LogP contribution in [0.5, 0.6) is 23.7 Å². The molecule has 5 atom stereocenters. The van der Waals surface area contributed by atoms with Crippen molar-refractivity contribution in [2.24, 2.45) is 11.8 Å². The molecule has 0 bridgehead atoms. The van der Waals surface area contributed by atoms with Crippen LogP contribution in [-0.4, -0.2) is 113 Å². The summed E-state index contributed by atoms with van der Waals surface area (Å²) in [5, 5.41) is 3.86. The Morgan fingerprint density at radius 1 is 1.06 bits per heavy atom. The molecule has 3 fully saturated rings. The summed E-state index contributed by atoms with van der Waals surface area (Å²) in [6.07, 6.45) is 3.73. The van der Waals surface area contributed by atoms with Gasteiger partial charge < -0.3 is 29.2 Å². The van der Waals surface area contributed by atoms with E-state index >= 15 is 0 Å². The number of urea groups is 1. The minimum absolute atomic E-state index is 0.0241. The molecular formula is C35H44N8O9S. The number of aromatic nitrogens is 4. The normalized spacial score (nSPS) is 22.8. The molecule has 17 nitrogen and oxygen atoms in total. The average Bonchev–Trinajstić information content (AvgIpc) is 4.07. The number of imide groups is 1. The van der Waals surface area contributed by atoms with Crippen LogP contribution in [0, 0.1) is 11.8 Å². The number of benzene rings is 1. The topological polar surface area (TPSA) is 204 Å². The first-order valence-corrected chi connectivity index (χ1v) is 18.8. The van der Waals surface area contributed by atoms with Crippen LogP contribution in [-0.2, 0) is 19.6 Å². The van der Waals surface area contributed by atoms with E-state index in [1.54, 1.807) is 33.2 Å². The van der Waals surface area contributed by atoms with Crippen LogP contribution in [0.4, 0.5) is 10.7 Å². The lowest BCUT2D eigenvalue weighted by atomic mass is 10.0.